The molecule has 1 amide bonds. The van der Waals surface area contributed by atoms with Gasteiger partial charge in [-0.2, -0.15) is 12.6 Å². The van der Waals surface area contributed by atoms with Gasteiger partial charge in [-0.1, -0.05) is 0 Å². The van der Waals surface area contributed by atoms with E-state index in [9.17, 15) is 24.3 Å². The molecule has 0 rings (SSSR count). The van der Waals surface area contributed by atoms with Crippen molar-refractivity contribution in [3.8, 4) is 0 Å². The molecule has 0 spiro atoms. The highest BCUT2D eigenvalue weighted by Crippen LogP contribution is 2.10. The van der Waals surface area contributed by atoms with Crippen LogP contribution in [-0.4, -0.2) is 155 Å². The van der Waals surface area contributed by atoms with E-state index in [1.807, 2.05) is 0 Å². The van der Waals surface area contributed by atoms with Crippen molar-refractivity contribution in [2.75, 3.05) is 105 Å². The predicted molar refractivity (Wildman–Crippen MR) is 153 cm³/mol. The first-order valence-electron chi connectivity index (χ1n) is 14.0. The quantitative estimate of drug-likeness (QED) is 0.0493. The summed E-state index contributed by atoms with van der Waals surface area (Å²) in [6.45, 7) is 4.38. The normalized spacial score (nSPS) is 12.0. The maximum absolute atomic E-state index is 11.9. The van der Waals surface area contributed by atoms with Crippen LogP contribution in [0.3, 0.4) is 0 Å². The number of ether oxygens (including phenoxy) is 6. The maximum atomic E-state index is 11.9. The van der Waals surface area contributed by atoms with E-state index in [1.54, 1.807) is 0 Å². The molecule has 42 heavy (non-hydrogen) atoms. The van der Waals surface area contributed by atoms with Crippen LogP contribution in [0.25, 0.3) is 0 Å². The largest absolute Gasteiger partial charge is 0.480 e. The van der Waals surface area contributed by atoms with Crippen LogP contribution < -0.4 is 5.32 Å². The predicted octanol–water partition coefficient (Wildman–Crippen LogP) is 0.00690. The van der Waals surface area contributed by atoms with Gasteiger partial charge in [0.15, 0.2) is 0 Å². The van der Waals surface area contributed by atoms with Crippen LogP contribution in [-0.2, 0) is 47.6 Å². The lowest BCUT2D eigenvalue weighted by molar-refractivity contribution is -0.149. The van der Waals surface area contributed by atoms with Crippen LogP contribution >= 0.6 is 12.6 Å². The topological polar surface area (TPSA) is 200 Å². The van der Waals surface area contributed by atoms with Gasteiger partial charge in [-0.15, -0.1) is 0 Å². The van der Waals surface area contributed by atoms with Crippen LogP contribution in [0.2, 0.25) is 0 Å². The fraction of sp³-hybridized carbons (Fsp3) is 0.846. The Hall–Kier alpha value is -2.05. The Labute approximate surface area is 252 Å². The van der Waals surface area contributed by atoms with Gasteiger partial charge in [0.25, 0.3) is 0 Å². The fourth-order valence-corrected chi connectivity index (χ4v) is 3.53. The monoisotopic (exact) mass is 628 g/mol. The smallest absolute Gasteiger partial charge is 0.320 e. The third kappa shape index (κ3) is 26.8. The van der Waals surface area contributed by atoms with E-state index in [4.69, 9.17) is 38.6 Å². The lowest BCUT2D eigenvalue weighted by Crippen LogP contribution is -2.46. The van der Waals surface area contributed by atoms with E-state index in [1.165, 1.54) is 0 Å². The molecule has 0 bridgehead atoms. The number of rotatable bonds is 32. The molecule has 0 saturated heterocycles. The van der Waals surface area contributed by atoms with E-state index >= 15 is 0 Å². The number of carboxylic acids is 3. The number of hydrogen-bond donors (Lipinski definition) is 5. The van der Waals surface area contributed by atoms with Crippen LogP contribution in [0.1, 0.15) is 32.1 Å². The molecule has 0 saturated carbocycles. The average molecular weight is 629 g/mol. The summed E-state index contributed by atoms with van der Waals surface area (Å²) < 4.78 is 32.3. The second-order valence-corrected chi connectivity index (χ2v) is 9.34. The number of carbonyl (C=O) groups excluding carboxylic acids is 1. The molecule has 0 aromatic heterocycles. The van der Waals surface area contributed by atoms with Crippen molar-refractivity contribution in [3.05, 3.63) is 0 Å². The summed E-state index contributed by atoms with van der Waals surface area (Å²) >= 11 is 4.11. The Balaban J connectivity index is 3.57. The number of nitrogens with zero attached hydrogens (tertiary/aromatic N) is 1. The Morgan fingerprint density at radius 3 is 1.45 bits per heavy atom. The van der Waals surface area contributed by atoms with E-state index in [0.29, 0.717) is 92.1 Å². The van der Waals surface area contributed by atoms with Crippen molar-refractivity contribution in [3.63, 3.8) is 0 Å². The molecule has 0 heterocycles. The zero-order chi connectivity index (χ0) is 31.3. The minimum Gasteiger partial charge on any atom is -0.480 e. The summed E-state index contributed by atoms with van der Waals surface area (Å²) in [4.78, 5) is 46.2. The number of carboxylic acid groups (broad SMARTS) is 3. The molecule has 0 aliphatic heterocycles. The molecule has 0 fully saturated rings. The first kappa shape index (κ1) is 40.0. The molecule has 0 aliphatic carbocycles. The summed E-state index contributed by atoms with van der Waals surface area (Å²) in [5, 5.41) is 29.9. The van der Waals surface area contributed by atoms with Crippen LogP contribution in [0.15, 0.2) is 0 Å². The highest BCUT2D eigenvalue weighted by Gasteiger charge is 2.28. The van der Waals surface area contributed by atoms with Gasteiger partial charge in [-0.25, -0.2) is 0 Å². The van der Waals surface area contributed by atoms with Crippen molar-refractivity contribution in [1.29, 1.82) is 0 Å². The third-order valence-electron chi connectivity index (χ3n) is 5.41. The fourth-order valence-electron chi connectivity index (χ4n) is 3.40. The van der Waals surface area contributed by atoms with Crippen LogP contribution in [0, 0.1) is 0 Å². The van der Waals surface area contributed by atoms with E-state index in [2.05, 4.69) is 17.9 Å². The number of nitrogens with one attached hydrogen (secondary N) is 1. The summed E-state index contributed by atoms with van der Waals surface area (Å²) in [6, 6.07) is -1.25. The zero-order valence-electron chi connectivity index (χ0n) is 24.2. The highest BCUT2D eigenvalue weighted by molar-refractivity contribution is 7.80. The summed E-state index contributed by atoms with van der Waals surface area (Å²) in [7, 11) is 0. The van der Waals surface area contributed by atoms with E-state index in [-0.39, 0.29) is 25.4 Å². The molecule has 4 N–H and O–H groups in total. The number of carbonyl (C=O) groups is 4. The Kier molecular flexibility index (Phi) is 27.6. The summed E-state index contributed by atoms with van der Waals surface area (Å²) in [5.74, 6) is -3.33. The van der Waals surface area contributed by atoms with Gasteiger partial charge in [0.05, 0.1) is 85.8 Å². The van der Waals surface area contributed by atoms with Crippen molar-refractivity contribution in [2.24, 2.45) is 0 Å². The van der Waals surface area contributed by atoms with Gasteiger partial charge >= 0.3 is 17.9 Å². The number of amides is 1. The van der Waals surface area contributed by atoms with Gasteiger partial charge in [-0.3, -0.25) is 24.1 Å². The van der Waals surface area contributed by atoms with Crippen molar-refractivity contribution >= 4 is 36.4 Å². The van der Waals surface area contributed by atoms with Gasteiger partial charge in [0.1, 0.15) is 6.04 Å². The standard InChI is InChI=1S/C26H48N2O13S/c29-23(27-6-2-1-4-22(26(34)35)28(20-24(30)31)21-25(32)33)5-8-37-10-12-39-14-16-41-18-17-40-15-13-38-11-9-36-7-3-19-42/h22,42H,1-21H2,(H,27,29)(H,30,31)(H,32,33)(H,34,35). The zero-order valence-corrected chi connectivity index (χ0v) is 25.1. The molecule has 0 aromatic rings. The number of thiol groups is 1. The average Bonchev–Trinajstić information content (AvgIpc) is 2.92. The number of hydrogen-bond acceptors (Lipinski definition) is 12. The van der Waals surface area contributed by atoms with Gasteiger partial charge in [0, 0.05) is 19.6 Å². The molecular weight excluding hydrogens is 580 g/mol. The first-order chi connectivity index (χ1) is 20.3. The molecule has 15 nitrogen and oxygen atoms in total. The van der Waals surface area contributed by atoms with Gasteiger partial charge in [-0.05, 0) is 31.4 Å². The molecular formula is C26H48N2O13S. The Morgan fingerprint density at radius 1 is 0.619 bits per heavy atom. The van der Waals surface area contributed by atoms with Crippen LogP contribution in [0.4, 0.5) is 0 Å². The van der Waals surface area contributed by atoms with Crippen molar-refractivity contribution < 1.29 is 62.9 Å². The molecule has 0 radical (unpaired) electrons. The third-order valence-corrected chi connectivity index (χ3v) is 5.73. The Morgan fingerprint density at radius 2 is 1.05 bits per heavy atom. The highest BCUT2D eigenvalue weighted by atomic mass is 32.1. The van der Waals surface area contributed by atoms with Gasteiger partial charge < -0.3 is 49.1 Å². The molecule has 1 unspecified atom stereocenters. The second kappa shape index (κ2) is 29.0. The molecule has 16 heteroatoms. The van der Waals surface area contributed by atoms with Gasteiger partial charge in [0.2, 0.25) is 5.91 Å². The SMILES string of the molecule is O=C(O)CN(CC(=O)O)C(CCCCNC(=O)CCOCCOCCOCCOCCOCCOCCCS)C(=O)O. The minimum atomic E-state index is -1.31. The van der Waals surface area contributed by atoms with Crippen LogP contribution in [0.5, 0.6) is 0 Å². The molecule has 1 atom stereocenters. The lowest BCUT2D eigenvalue weighted by Gasteiger charge is -2.25. The molecule has 0 aliphatic rings. The van der Waals surface area contributed by atoms with E-state index < -0.39 is 37.0 Å². The van der Waals surface area contributed by atoms with Crippen molar-refractivity contribution in [1.82, 2.24) is 10.2 Å². The molecule has 246 valence electrons. The lowest BCUT2D eigenvalue weighted by atomic mass is 10.1. The molecule has 0 aromatic carbocycles. The number of unbranched alkanes of at least 4 members (excludes halogenated alkanes) is 1. The summed E-state index contributed by atoms with van der Waals surface area (Å²) in [6.07, 6.45) is 1.95. The first-order valence-corrected chi connectivity index (χ1v) is 14.7. The Bertz CT molecular complexity index is 702. The van der Waals surface area contributed by atoms with Crippen molar-refractivity contribution in [2.45, 2.75) is 38.1 Å². The second-order valence-electron chi connectivity index (χ2n) is 8.89. The number of aliphatic carboxylic acids is 3. The minimum absolute atomic E-state index is 0.0530. The van der Waals surface area contributed by atoms with E-state index in [0.717, 1.165) is 17.1 Å². The summed E-state index contributed by atoms with van der Waals surface area (Å²) in [5.41, 5.74) is 0. The maximum Gasteiger partial charge on any atom is 0.320 e.